The number of rotatable bonds is 8. The van der Waals surface area contributed by atoms with Crippen molar-refractivity contribution in [3.05, 3.63) is 94.4 Å². The highest BCUT2D eigenvalue weighted by Crippen LogP contribution is 2.27. The molecule has 10 heteroatoms. The molecule has 5 rings (SSSR count). The molecular formula is C28H29ClN6O3. The predicted octanol–water partition coefficient (Wildman–Crippen LogP) is 4.16. The van der Waals surface area contributed by atoms with E-state index in [1.165, 1.54) is 0 Å². The molecule has 1 fully saturated rings. The highest BCUT2D eigenvalue weighted by molar-refractivity contribution is 6.29. The van der Waals surface area contributed by atoms with Gasteiger partial charge in [-0.3, -0.25) is 9.78 Å². The molecule has 3 unspecified atom stereocenters. The van der Waals surface area contributed by atoms with Crippen molar-refractivity contribution in [2.24, 2.45) is 0 Å². The van der Waals surface area contributed by atoms with E-state index in [4.69, 9.17) is 16.0 Å². The Bertz CT molecular complexity index is 1390. The summed E-state index contributed by atoms with van der Waals surface area (Å²) in [6, 6.07) is 13.3. The number of nitrogens with zero attached hydrogens (tertiary/aromatic N) is 5. The van der Waals surface area contributed by atoms with E-state index in [2.05, 4.69) is 25.5 Å². The van der Waals surface area contributed by atoms with Crippen LogP contribution >= 0.6 is 11.6 Å². The van der Waals surface area contributed by atoms with E-state index in [0.717, 1.165) is 36.0 Å². The third-order valence-electron chi connectivity index (χ3n) is 6.77. The number of benzene rings is 1. The molecule has 2 N–H and O–H groups in total. The Morgan fingerprint density at radius 1 is 1.13 bits per heavy atom. The zero-order chi connectivity index (χ0) is 26.6. The van der Waals surface area contributed by atoms with Gasteiger partial charge >= 0.3 is 0 Å². The number of pyridine rings is 2. The predicted molar refractivity (Wildman–Crippen MR) is 142 cm³/mol. The van der Waals surface area contributed by atoms with Gasteiger partial charge in [-0.1, -0.05) is 29.8 Å². The molecule has 1 aliphatic rings. The Balaban J connectivity index is 1.15. The number of aromatic nitrogens is 4. The van der Waals surface area contributed by atoms with E-state index in [9.17, 15) is 9.90 Å². The second-order valence-corrected chi connectivity index (χ2v) is 10.1. The number of nitrogens with one attached hydrogen (secondary N) is 1. The van der Waals surface area contributed by atoms with Gasteiger partial charge in [-0.05, 0) is 54.7 Å². The summed E-state index contributed by atoms with van der Waals surface area (Å²) < 4.78 is 5.48. The molecule has 1 saturated heterocycles. The van der Waals surface area contributed by atoms with E-state index >= 15 is 0 Å². The summed E-state index contributed by atoms with van der Waals surface area (Å²) in [7, 11) is 1.77. The Morgan fingerprint density at radius 2 is 1.95 bits per heavy atom. The van der Waals surface area contributed by atoms with Crippen molar-refractivity contribution in [1.82, 2.24) is 30.4 Å². The van der Waals surface area contributed by atoms with Crippen LogP contribution < -0.4 is 5.32 Å². The first kappa shape index (κ1) is 26.0. The minimum atomic E-state index is -0.632. The van der Waals surface area contributed by atoms with E-state index in [0.29, 0.717) is 34.6 Å². The summed E-state index contributed by atoms with van der Waals surface area (Å²) in [4.78, 5) is 23.0. The fourth-order valence-corrected chi connectivity index (χ4v) is 4.90. The number of carbonyl (C=O) groups is 1. The average molecular weight is 533 g/mol. The summed E-state index contributed by atoms with van der Waals surface area (Å²) in [5.41, 5.74) is 4.09. The molecule has 9 nitrogen and oxygen atoms in total. The van der Waals surface area contributed by atoms with Gasteiger partial charge in [0.2, 0.25) is 11.8 Å². The number of amides is 1. The minimum absolute atomic E-state index is 0.0330. The monoisotopic (exact) mass is 532 g/mol. The topological polar surface area (TPSA) is 117 Å². The maximum atomic E-state index is 13.0. The molecular weight excluding hydrogens is 504 g/mol. The molecule has 3 aromatic heterocycles. The maximum absolute atomic E-state index is 13.0. The third kappa shape index (κ3) is 6.07. The van der Waals surface area contributed by atoms with Crippen molar-refractivity contribution in [2.45, 2.75) is 50.9 Å². The summed E-state index contributed by atoms with van der Waals surface area (Å²) in [6.07, 6.45) is 7.03. The van der Waals surface area contributed by atoms with Gasteiger partial charge in [0.1, 0.15) is 5.15 Å². The summed E-state index contributed by atoms with van der Waals surface area (Å²) >= 11 is 5.86. The van der Waals surface area contributed by atoms with Crippen molar-refractivity contribution in [3.63, 3.8) is 0 Å². The van der Waals surface area contributed by atoms with Gasteiger partial charge in [-0.2, -0.15) is 0 Å². The third-order valence-corrected chi connectivity index (χ3v) is 6.99. The van der Waals surface area contributed by atoms with Crippen molar-refractivity contribution in [3.8, 4) is 11.5 Å². The molecule has 1 amide bonds. The van der Waals surface area contributed by atoms with Crippen LogP contribution in [0.4, 0.5) is 0 Å². The lowest BCUT2D eigenvalue weighted by molar-refractivity contribution is 0.0785. The average Bonchev–Trinajstić information content (AvgIpc) is 3.58. The Hall–Kier alpha value is -3.66. The lowest BCUT2D eigenvalue weighted by Crippen LogP contribution is -2.35. The molecule has 38 heavy (non-hydrogen) atoms. The van der Waals surface area contributed by atoms with Crippen LogP contribution in [0.3, 0.4) is 0 Å². The van der Waals surface area contributed by atoms with Crippen molar-refractivity contribution < 1.29 is 14.3 Å². The molecule has 0 radical (unpaired) electrons. The Morgan fingerprint density at radius 3 is 2.66 bits per heavy atom. The van der Waals surface area contributed by atoms with Gasteiger partial charge in [-0.25, -0.2) is 4.98 Å². The van der Waals surface area contributed by atoms with Crippen LogP contribution in [-0.4, -0.2) is 55.2 Å². The molecule has 1 aromatic carbocycles. The first-order valence-electron chi connectivity index (χ1n) is 12.5. The molecule has 0 aliphatic carbocycles. The van der Waals surface area contributed by atoms with E-state index in [1.54, 1.807) is 43.5 Å². The van der Waals surface area contributed by atoms with Gasteiger partial charge in [0.15, 0.2) is 0 Å². The van der Waals surface area contributed by atoms with Crippen LogP contribution in [0.25, 0.3) is 11.5 Å². The highest BCUT2D eigenvalue weighted by Gasteiger charge is 2.30. The fraction of sp³-hybridized carbons (Fsp3) is 0.321. The number of aliphatic hydroxyl groups excluding tert-OH is 1. The molecule has 0 saturated carbocycles. The smallest absolute Gasteiger partial charge is 0.253 e. The van der Waals surface area contributed by atoms with Gasteiger partial charge in [0, 0.05) is 62.3 Å². The summed E-state index contributed by atoms with van der Waals surface area (Å²) in [5, 5.41) is 22.6. The fourth-order valence-electron chi connectivity index (χ4n) is 4.79. The van der Waals surface area contributed by atoms with E-state index < -0.39 is 6.10 Å². The normalized spacial score (nSPS) is 17.9. The van der Waals surface area contributed by atoms with Crippen LogP contribution in [0.2, 0.25) is 5.15 Å². The molecule has 196 valence electrons. The van der Waals surface area contributed by atoms with Crippen molar-refractivity contribution in [2.75, 3.05) is 7.05 Å². The number of carbonyl (C=O) groups excluding carboxylic acids is 1. The number of hydrogen-bond donors (Lipinski definition) is 2. The molecule has 3 atom stereocenters. The SMILES string of the molecule is Cc1nnc(-c2cncc(CN(C)C(=O)c3ccc(CC4CCC(C(O)c5ccc(Cl)nc5)N4)cc3)c2)o1. The second kappa shape index (κ2) is 11.4. The largest absolute Gasteiger partial charge is 0.421 e. The van der Waals surface area contributed by atoms with Gasteiger partial charge in [0.05, 0.1) is 11.7 Å². The summed E-state index contributed by atoms with van der Waals surface area (Å²) in [5.74, 6) is 0.813. The maximum Gasteiger partial charge on any atom is 0.253 e. The van der Waals surface area contributed by atoms with Crippen LogP contribution in [-0.2, 0) is 13.0 Å². The number of aliphatic hydroxyl groups is 1. The Labute approximate surface area is 225 Å². The minimum Gasteiger partial charge on any atom is -0.421 e. The van der Waals surface area contributed by atoms with Gasteiger partial charge in [-0.15, -0.1) is 10.2 Å². The molecule has 0 bridgehead atoms. The van der Waals surface area contributed by atoms with Gasteiger partial charge < -0.3 is 19.7 Å². The zero-order valence-electron chi connectivity index (χ0n) is 21.2. The number of halogens is 1. The first-order chi connectivity index (χ1) is 18.4. The van der Waals surface area contributed by atoms with Crippen molar-refractivity contribution >= 4 is 17.5 Å². The zero-order valence-corrected chi connectivity index (χ0v) is 22.0. The van der Waals surface area contributed by atoms with E-state index in [1.807, 2.05) is 36.4 Å². The lowest BCUT2D eigenvalue weighted by atomic mass is 10.0. The van der Waals surface area contributed by atoms with Crippen LogP contribution in [0.15, 0.2) is 65.5 Å². The summed E-state index contributed by atoms with van der Waals surface area (Å²) in [6.45, 7) is 2.13. The quantitative estimate of drug-likeness (QED) is 0.325. The Kier molecular flexibility index (Phi) is 7.78. The number of aryl methyl sites for hydroxylation is 1. The standard InChI is InChI=1S/C28H29ClN6O3/c1-17-33-34-27(38-17)22-11-19(13-30-14-22)16-35(2)28(37)20-5-3-18(4-6-20)12-23-8-9-24(32-23)26(36)21-7-10-25(29)31-15-21/h3-7,10-11,13-15,23-24,26,32,36H,8-9,12,16H2,1-2H3. The van der Waals surface area contributed by atoms with E-state index in [-0.39, 0.29) is 18.0 Å². The lowest BCUT2D eigenvalue weighted by Gasteiger charge is -2.20. The molecule has 0 spiro atoms. The van der Waals surface area contributed by atoms with Gasteiger partial charge in [0.25, 0.3) is 5.91 Å². The molecule has 4 heterocycles. The van der Waals surface area contributed by atoms with Crippen LogP contribution in [0, 0.1) is 6.92 Å². The first-order valence-corrected chi connectivity index (χ1v) is 12.9. The number of hydrogen-bond acceptors (Lipinski definition) is 8. The van der Waals surface area contributed by atoms with Crippen molar-refractivity contribution in [1.29, 1.82) is 0 Å². The second-order valence-electron chi connectivity index (χ2n) is 9.68. The highest BCUT2D eigenvalue weighted by atomic mass is 35.5. The van der Waals surface area contributed by atoms with Crippen LogP contribution in [0.1, 0.15) is 51.9 Å². The van der Waals surface area contributed by atoms with Crippen LogP contribution in [0.5, 0.6) is 0 Å². The molecule has 4 aromatic rings. The molecule has 1 aliphatic heterocycles.